The fourth-order valence-corrected chi connectivity index (χ4v) is 4.95. The molecule has 0 aromatic rings. The van der Waals surface area contributed by atoms with Gasteiger partial charge in [0.05, 0.1) is 12.5 Å². The number of hydrogen-bond donors (Lipinski definition) is 0. The topological polar surface area (TPSA) is 43.4 Å². The molecule has 22 heavy (non-hydrogen) atoms. The van der Waals surface area contributed by atoms with Crippen LogP contribution in [0.2, 0.25) is 0 Å². The summed E-state index contributed by atoms with van der Waals surface area (Å²) in [5.41, 5.74) is 0.734. The van der Waals surface area contributed by atoms with Crippen LogP contribution < -0.4 is 0 Å². The van der Waals surface area contributed by atoms with Gasteiger partial charge in [0, 0.05) is 5.92 Å². The predicted octanol–water partition coefficient (Wildman–Crippen LogP) is 4.08. The van der Waals surface area contributed by atoms with Gasteiger partial charge in [0.2, 0.25) is 0 Å². The van der Waals surface area contributed by atoms with E-state index in [0.717, 1.165) is 32.1 Å². The van der Waals surface area contributed by atoms with E-state index in [1.165, 1.54) is 12.7 Å². The second-order valence-corrected chi connectivity index (χ2v) is 7.47. The maximum absolute atomic E-state index is 12.4. The van der Waals surface area contributed by atoms with Crippen LogP contribution in [0.5, 0.6) is 0 Å². The highest BCUT2D eigenvalue weighted by Crippen LogP contribution is 2.61. The quantitative estimate of drug-likeness (QED) is 0.448. The largest absolute Gasteiger partial charge is 0.469 e. The molecular weight excluding hydrogens is 276 g/mol. The molecule has 0 aromatic carbocycles. The van der Waals surface area contributed by atoms with Crippen LogP contribution in [-0.4, -0.2) is 18.9 Å². The standard InChI is InChI=1S/C19H28O3/c1-13-7-10-16-18(3,15(13)9-8-14(2)20)11-6-12-19(16,4)17(21)22-5/h8-9,15-16H,1,6-7,10-12H2,2-5H3. The fraction of sp³-hybridized carbons (Fsp3) is 0.684. The van der Waals surface area contributed by atoms with Gasteiger partial charge < -0.3 is 4.74 Å². The molecule has 0 aromatic heterocycles. The molecule has 3 heteroatoms. The van der Waals surface area contributed by atoms with Crippen molar-refractivity contribution >= 4 is 11.8 Å². The van der Waals surface area contributed by atoms with E-state index in [1.807, 2.05) is 6.08 Å². The molecule has 122 valence electrons. The lowest BCUT2D eigenvalue weighted by Crippen LogP contribution is -2.53. The second kappa shape index (κ2) is 6.02. The van der Waals surface area contributed by atoms with E-state index >= 15 is 0 Å². The lowest BCUT2D eigenvalue weighted by molar-refractivity contribution is -0.166. The first kappa shape index (κ1) is 17.0. The molecule has 0 bridgehead atoms. The zero-order valence-corrected chi connectivity index (χ0v) is 14.3. The second-order valence-electron chi connectivity index (χ2n) is 7.47. The number of fused-ring (bicyclic) bond motifs is 1. The summed E-state index contributed by atoms with van der Waals surface area (Å²) in [4.78, 5) is 23.8. The summed E-state index contributed by atoms with van der Waals surface area (Å²) in [6, 6.07) is 0. The molecule has 0 saturated heterocycles. The van der Waals surface area contributed by atoms with Crippen molar-refractivity contribution in [2.45, 2.75) is 52.9 Å². The summed E-state index contributed by atoms with van der Waals surface area (Å²) < 4.78 is 5.11. The average Bonchev–Trinajstić information content (AvgIpc) is 2.44. The fourth-order valence-electron chi connectivity index (χ4n) is 4.95. The van der Waals surface area contributed by atoms with E-state index in [9.17, 15) is 9.59 Å². The Morgan fingerprint density at radius 2 is 2.00 bits per heavy atom. The van der Waals surface area contributed by atoms with E-state index in [2.05, 4.69) is 20.4 Å². The van der Waals surface area contributed by atoms with E-state index in [4.69, 9.17) is 4.74 Å². The third-order valence-corrected chi connectivity index (χ3v) is 6.06. The highest BCUT2D eigenvalue weighted by molar-refractivity contribution is 5.87. The Labute approximate surface area is 133 Å². The number of allylic oxidation sites excluding steroid dienone is 3. The number of carbonyl (C=O) groups is 2. The number of carbonyl (C=O) groups excluding carboxylic acids is 2. The van der Waals surface area contributed by atoms with E-state index < -0.39 is 5.41 Å². The van der Waals surface area contributed by atoms with Gasteiger partial charge >= 0.3 is 5.97 Å². The van der Waals surface area contributed by atoms with Crippen LogP contribution in [0, 0.1) is 22.7 Å². The number of ketones is 1. The Morgan fingerprint density at radius 1 is 1.32 bits per heavy atom. The monoisotopic (exact) mass is 304 g/mol. The molecule has 4 unspecified atom stereocenters. The van der Waals surface area contributed by atoms with E-state index in [-0.39, 0.29) is 29.0 Å². The summed E-state index contributed by atoms with van der Waals surface area (Å²) in [5.74, 6) is 0.406. The first-order valence-corrected chi connectivity index (χ1v) is 8.20. The Morgan fingerprint density at radius 3 is 2.59 bits per heavy atom. The van der Waals surface area contributed by atoms with Crippen molar-refractivity contribution in [3.8, 4) is 0 Å². The average molecular weight is 304 g/mol. The third kappa shape index (κ3) is 2.66. The van der Waals surface area contributed by atoms with Gasteiger partial charge in [0.15, 0.2) is 5.78 Å². The molecule has 3 nitrogen and oxygen atoms in total. The number of ether oxygens (including phenoxy) is 1. The smallest absolute Gasteiger partial charge is 0.311 e. The number of esters is 1. The van der Waals surface area contributed by atoms with Crippen LogP contribution >= 0.6 is 0 Å². The molecule has 0 radical (unpaired) electrons. The SMILES string of the molecule is C=C1CCC2C(C)(C(=O)OC)CCCC2(C)C1C=CC(C)=O. The molecule has 0 heterocycles. The minimum Gasteiger partial charge on any atom is -0.469 e. The van der Waals surface area contributed by atoms with Gasteiger partial charge in [-0.05, 0) is 56.9 Å². The molecule has 0 N–H and O–H groups in total. The minimum absolute atomic E-state index is 0.0253. The van der Waals surface area contributed by atoms with Crippen LogP contribution in [0.4, 0.5) is 0 Å². The van der Waals surface area contributed by atoms with Crippen LogP contribution in [0.25, 0.3) is 0 Å². The Kier molecular flexibility index (Phi) is 4.65. The van der Waals surface area contributed by atoms with Crippen molar-refractivity contribution in [2.75, 3.05) is 7.11 Å². The van der Waals surface area contributed by atoms with Crippen LogP contribution in [0.3, 0.4) is 0 Å². The van der Waals surface area contributed by atoms with Gasteiger partial charge in [-0.1, -0.05) is 31.6 Å². The maximum atomic E-state index is 12.4. The highest BCUT2D eigenvalue weighted by atomic mass is 16.5. The molecule has 2 fully saturated rings. The summed E-state index contributed by atoms with van der Waals surface area (Å²) >= 11 is 0. The predicted molar refractivity (Wildman–Crippen MR) is 87.3 cm³/mol. The number of methoxy groups -OCH3 is 1. The maximum Gasteiger partial charge on any atom is 0.311 e. The van der Waals surface area contributed by atoms with Crippen LogP contribution in [0.15, 0.2) is 24.3 Å². The van der Waals surface area contributed by atoms with E-state index in [1.54, 1.807) is 13.0 Å². The molecule has 0 spiro atoms. The van der Waals surface area contributed by atoms with Gasteiger partial charge in [0.25, 0.3) is 0 Å². The van der Waals surface area contributed by atoms with Crippen molar-refractivity contribution in [3.05, 3.63) is 24.3 Å². The Bertz CT molecular complexity index is 519. The summed E-state index contributed by atoms with van der Waals surface area (Å²) in [7, 11) is 1.48. The van der Waals surface area contributed by atoms with Crippen molar-refractivity contribution in [2.24, 2.45) is 22.7 Å². The summed E-state index contributed by atoms with van der Waals surface area (Å²) in [6.07, 6.45) is 8.53. The van der Waals surface area contributed by atoms with Crippen molar-refractivity contribution < 1.29 is 14.3 Å². The zero-order valence-electron chi connectivity index (χ0n) is 14.3. The molecule has 2 aliphatic rings. The van der Waals surface area contributed by atoms with Gasteiger partial charge in [-0.2, -0.15) is 0 Å². The normalized spacial score (nSPS) is 38.6. The summed E-state index contributed by atoms with van der Waals surface area (Å²) in [5, 5.41) is 0. The molecule has 0 aliphatic heterocycles. The molecule has 4 atom stereocenters. The highest BCUT2D eigenvalue weighted by Gasteiger charge is 2.57. The van der Waals surface area contributed by atoms with Crippen LogP contribution in [-0.2, 0) is 14.3 Å². The van der Waals surface area contributed by atoms with E-state index in [0.29, 0.717) is 0 Å². The molecule has 0 amide bonds. The van der Waals surface area contributed by atoms with Crippen molar-refractivity contribution in [3.63, 3.8) is 0 Å². The lowest BCUT2D eigenvalue weighted by atomic mass is 9.47. The lowest BCUT2D eigenvalue weighted by Gasteiger charge is -2.56. The molecular formula is C19H28O3. The Hall–Kier alpha value is -1.38. The van der Waals surface area contributed by atoms with Gasteiger partial charge in [-0.3, -0.25) is 9.59 Å². The van der Waals surface area contributed by atoms with Crippen molar-refractivity contribution in [1.82, 2.24) is 0 Å². The van der Waals surface area contributed by atoms with Gasteiger partial charge in [0.1, 0.15) is 0 Å². The number of hydrogen-bond acceptors (Lipinski definition) is 3. The van der Waals surface area contributed by atoms with Crippen molar-refractivity contribution in [1.29, 1.82) is 0 Å². The molecule has 2 saturated carbocycles. The zero-order chi connectivity index (χ0) is 16.5. The first-order valence-electron chi connectivity index (χ1n) is 8.20. The Balaban J connectivity index is 2.41. The first-order chi connectivity index (χ1) is 10.3. The minimum atomic E-state index is -0.426. The summed E-state index contributed by atoms with van der Waals surface area (Å²) in [6.45, 7) is 10.1. The molecule has 2 aliphatic carbocycles. The molecule has 2 rings (SSSR count). The van der Waals surface area contributed by atoms with Crippen LogP contribution in [0.1, 0.15) is 52.9 Å². The number of rotatable bonds is 3. The van der Waals surface area contributed by atoms with Gasteiger partial charge in [-0.15, -0.1) is 0 Å². The van der Waals surface area contributed by atoms with Gasteiger partial charge in [-0.25, -0.2) is 0 Å². The third-order valence-electron chi connectivity index (χ3n) is 6.06.